The quantitative estimate of drug-likeness (QED) is 0.550. The zero-order valence-corrected chi connectivity index (χ0v) is 14.5. The molecule has 3 rings (SSSR count). The maximum absolute atomic E-state index is 6.31. The minimum absolute atomic E-state index is 0.246. The Morgan fingerprint density at radius 1 is 1.29 bits per heavy atom. The summed E-state index contributed by atoms with van der Waals surface area (Å²) in [5.74, 6) is 0.747. The van der Waals surface area contributed by atoms with Gasteiger partial charge in [0.15, 0.2) is 5.65 Å². The summed E-state index contributed by atoms with van der Waals surface area (Å²) in [6.45, 7) is 3.91. The van der Waals surface area contributed by atoms with Gasteiger partial charge < -0.3 is 0 Å². The fourth-order valence-corrected chi connectivity index (χ4v) is 3.04. The van der Waals surface area contributed by atoms with E-state index in [1.807, 2.05) is 42.7 Å². The van der Waals surface area contributed by atoms with Crippen LogP contribution in [0.4, 0.5) is 0 Å². The highest BCUT2D eigenvalue weighted by Gasteiger charge is 2.20. The van der Waals surface area contributed by atoms with Crippen LogP contribution in [0.1, 0.15) is 23.7 Å². The summed E-state index contributed by atoms with van der Waals surface area (Å²) in [6.07, 6.45) is 1.77. The van der Waals surface area contributed by atoms with E-state index >= 15 is 0 Å². The summed E-state index contributed by atoms with van der Waals surface area (Å²) in [5.41, 5.74) is 3.58. The van der Waals surface area contributed by atoms with Crippen LogP contribution >= 0.6 is 39.1 Å². The molecular formula is C15H12BrCl2N3. The number of aryl methyl sites for hydroxylation is 1. The van der Waals surface area contributed by atoms with E-state index in [1.54, 1.807) is 6.20 Å². The third-order valence-corrected chi connectivity index (χ3v) is 4.87. The number of halogens is 3. The predicted octanol–water partition coefficient (Wildman–Crippen LogP) is 5.44. The summed E-state index contributed by atoms with van der Waals surface area (Å²) in [7, 11) is 0. The van der Waals surface area contributed by atoms with E-state index in [9.17, 15) is 0 Å². The van der Waals surface area contributed by atoms with Crippen molar-refractivity contribution in [3.05, 3.63) is 51.3 Å². The van der Waals surface area contributed by atoms with Gasteiger partial charge >= 0.3 is 0 Å². The zero-order valence-electron chi connectivity index (χ0n) is 11.4. The van der Waals surface area contributed by atoms with Gasteiger partial charge in [0.2, 0.25) is 0 Å². The fraction of sp³-hybridized carbons (Fsp3) is 0.200. The lowest BCUT2D eigenvalue weighted by Gasteiger charge is -2.12. The molecule has 0 bridgehead atoms. The van der Waals surface area contributed by atoms with Crippen LogP contribution in [-0.2, 0) is 0 Å². The van der Waals surface area contributed by atoms with Gasteiger partial charge in [0.05, 0.1) is 20.6 Å². The Bertz CT molecular complexity index is 827. The molecule has 21 heavy (non-hydrogen) atoms. The van der Waals surface area contributed by atoms with Crippen LogP contribution in [0, 0.1) is 6.92 Å². The third kappa shape index (κ3) is 2.45. The molecule has 0 aliphatic heterocycles. The molecule has 6 heteroatoms. The number of alkyl halides is 1. The molecule has 2 aromatic heterocycles. The van der Waals surface area contributed by atoms with Crippen LogP contribution < -0.4 is 0 Å². The minimum Gasteiger partial charge on any atom is -0.278 e. The Balaban J connectivity index is 2.43. The number of hydrogen-bond donors (Lipinski definition) is 0. The number of benzene rings is 1. The maximum Gasteiger partial charge on any atom is 0.165 e. The van der Waals surface area contributed by atoms with Crippen molar-refractivity contribution in [2.45, 2.75) is 19.2 Å². The molecule has 0 saturated heterocycles. The Morgan fingerprint density at radius 2 is 2.05 bits per heavy atom. The van der Waals surface area contributed by atoms with Crippen molar-refractivity contribution >= 4 is 50.3 Å². The molecule has 0 aliphatic rings. The summed E-state index contributed by atoms with van der Waals surface area (Å²) < 4.78 is 2.75. The van der Waals surface area contributed by atoms with E-state index in [4.69, 9.17) is 23.2 Å². The first-order valence-corrected chi connectivity index (χ1v) is 8.04. The lowest BCUT2D eigenvalue weighted by atomic mass is 10.2. The Morgan fingerprint density at radius 3 is 2.76 bits per heavy atom. The molecule has 0 fully saturated rings. The molecule has 2 heterocycles. The monoisotopic (exact) mass is 383 g/mol. The van der Waals surface area contributed by atoms with Crippen molar-refractivity contribution in [2.75, 3.05) is 0 Å². The molecule has 1 atom stereocenters. The maximum atomic E-state index is 6.31. The van der Waals surface area contributed by atoms with Crippen LogP contribution in [0.2, 0.25) is 5.02 Å². The van der Waals surface area contributed by atoms with E-state index < -0.39 is 0 Å². The van der Waals surface area contributed by atoms with E-state index in [0.717, 1.165) is 32.7 Å². The number of imidazole rings is 1. The molecule has 0 aliphatic carbocycles. The van der Waals surface area contributed by atoms with Crippen LogP contribution in [0.3, 0.4) is 0 Å². The van der Waals surface area contributed by atoms with Crippen molar-refractivity contribution in [1.29, 1.82) is 0 Å². The second-order valence-electron chi connectivity index (χ2n) is 4.79. The molecule has 0 radical (unpaired) electrons. The number of hydrogen-bond acceptors (Lipinski definition) is 2. The molecule has 0 N–H and O–H groups in total. The molecule has 0 spiro atoms. The highest BCUT2D eigenvalue weighted by Crippen LogP contribution is 2.34. The molecule has 3 nitrogen and oxygen atoms in total. The van der Waals surface area contributed by atoms with E-state index in [-0.39, 0.29) is 5.38 Å². The second kappa shape index (κ2) is 5.59. The molecule has 1 unspecified atom stereocenters. The SMILES string of the molecule is Cc1ccnc2c1nc(C(C)Cl)n2-c1cccc(Cl)c1Br. The molecule has 108 valence electrons. The van der Waals surface area contributed by atoms with E-state index in [1.165, 1.54) is 0 Å². The topological polar surface area (TPSA) is 30.7 Å². The van der Waals surface area contributed by atoms with Gasteiger partial charge in [-0.05, 0) is 53.5 Å². The van der Waals surface area contributed by atoms with Crippen molar-refractivity contribution in [2.24, 2.45) is 0 Å². The lowest BCUT2D eigenvalue weighted by Crippen LogP contribution is -2.03. The van der Waals surface area contributed by atoms with Crippen molar-refractivity contribution in [3.8, 4) is 5.69 Å². The average Bonchev–Trinajstić information content (AvgIpc) is 2.83. The summed E-state index contributed by atoms with van der Waals surface area (Å²) in [4.78, 5) is 9.13. The first kappa shape index (κ1) is 14.8. The van der Waals surface area contributed by atoms with Crippen molar-refractivity contribution in [1.82, 2.24) is 14.5 Å². The lowest BCUT2D eigenvalue weighted by molar-refractivity contribution is 0.874. The highest BCUT2D eigenvalue weighted by molar-refractivity contribution is 9.10. The smallest absolute Gasteiger partial charge is 0.165 e. The second-order valence-corrected chi connectivity index (χ2v) is 6.65. The average molecular weight is 385 g/mol. The number of fused-ring (bicyclic) bond motifs is 1. The van der Waals surface area contributed by atoms with Gasteiger partial charge in [-0.1, -0.05) is 17.7 Å². The number of rotatable bonds is 2. The highest BCUT2D eigenvalue weighted by atomic mass is 79.9. The van der Waals surface area contributed by atoms with Crippen LogP contribution in [0.15, 0.2) is 34.9 Å². The van der Waals surface area contributed by atoms with Gasteiger partial charge in [-0.3, -0.25) is 4.57 Å². The van der Waals surface area contributed by atoms with Crippen molar-refractivity contribution < 1.29 is 0 Å². The van der Waals surface area contributed by atoms with E-state index in [2.05, 4.69) is 25.9 Å². The van der Waals surface area contributed by atoms with Crippen molar-refractivity contribution in [3.63, 3.8) is 0 Å². The van der Waals surface area contributed by atoms with Gasteiger partial charge in [-0.2, -0.15) is 0 Å². The molecule has 1 aromatic carbocycles. The first-order chi connectivity index (χ1) is 10.0. The minimum atomic E-state index is -0.246. The zero-order chi connectivity index (χ0) is 15.1. The first-order valence-electron chi connectivity index (χ1n) is 6.43. The van der Waals surface area contributed by atoms with Gasteiger partial charge in [0.25, 0.3) is 0 Å². The van der Waals surface area contributed by atoms with E-state index in [0.29, 0.717) is 5.02 Å². The molecular weight excluding hydrogens is 373 g/mol. The molecule has 0 saturated carbocycles. The molecule has 3 aromatic rings. The Labute approximate surface area is 141 Å². The standard InChI is InChI=1S/C15H12BrCl2N3/c1-8-6-7-19-15-13(8)20-14(9(2)17)21(15)11-5-3-4-10(18)12(11)16/h3-7,9H,1-2H3. The summed E-state index contributed by atoms with van der Waals surface area (Å²) in [6, 6.07) is 7.63. The largest absolute Gasteiger partial charge is 0.278 e. The van der Waals surface area contributed by atoms with Crippen LogP contribution in [0.5, 0.6) is 0 Å². The number of pyridine rings is 1. The Kier molecular flexibility index (Phi) is 3.95. The van der Waals surface area contributed by atoms with Gasteiger partial charge in [0, 0.05) is 6.20 Å². The van der Waals surface area contributed by atoms with Gasteiger partial charge in [-0.25, -0.2) is 9.97 Å². The van der Waals surface area contributed by atoms with Crippen LogP contribution in [-0.4, -0.2) is 14.5 Å². The number of nitrogens with zero attached hydrogens (tertiary/aromatic N) is 3. The predicted molar refractivity (Wildman–Crippen MR) is 90.6 cm³/mol. The fourth-order valence-electron chi connectivity index (χ4n) is 2.28. The normalized spacial score (nSPS) is 12.8. The molecule has 0 amide bonds. The summed E-state index contributed by atoms with van der Waals surface area (Å²) in [5, 5.41) is 0.389. The van der Waals surface area contributed by atoms with Crippen LogP contribution in [0.25, 0.3) is 16.9 Å². The van der Waals surface area contributed by atoms with Gasteiger partial charge in [-0.15, -0.1) is 11.6 Å². The number of aromatic nitrogens is 3. The Hall–Kier alpha value is -1.10. The summed E-state index contributed by atoms with van der Waals surface area (Å²) >= 11 is 16.1. The third-order valence-electron chi connectivity index (χ3n) is 3.30. The van der Waals surface area contributed by atoms with Gasteiger partial charge in [0.1, 0.15) is 11.3 Å².